The number of hydrogen-bond donors (Lipinski definition) is 0. The number of carbonyl (C=O) groups excluding carboxylic acids is 1. The minimum absolute atomic E-state index is 0.165. The maximum Gasteiger partial charge on any atom is 0.166 e. The number of carbonyl (C=O) groups is 1. The van der Waals surface area contributed by atoms with E-state index in [1.54, 1.807) is 0 Å². The van der Waals surface area contributed by atoms with Gasteiger partial charge in [0.25, 0.3) is 0 Å². The van der Waals surface area contributed by atoms with Gasteiger partial charge >= 0.3 is 0 Å². The van der Waals surface area contributed by atoms with Gasteiger partial charge < -0.3 is 4.74 Å². The summed E-state index contributed by atoms with van der Waals surface area (Å²) in [6.45, 7) is 4.15. The van der Waals surface area contributed by atoms with Crippen molar-refractivity contribution in [2.24, 2.45) is 5.92 Å². The number of benzene rings is 1. The highest BCUT2D eigenvalue weighted by molar-refractivity contribution is 5.98. The highest BCUT2D eigenvalue weighted by Gasteiger charge is 2.23. The second-order valence-corrected chi connectivity index (χ2v) is 5.45. The third-order valence-electron chi connectivity index (χ3n) is 4.11. The third kappa shape index (κ3) is 3.59. The SMILES string of the molecule is CCC(=O)c1ccccc1OC1CCCC(CC)C1. The Labute approximate surface area is 116 Å². The molecule has 0 bridgehead atoms. The van der Waals surface area contributed by atoms with Crippen molar-refractivity contribution in [1.82, 2.24) is 0 Å². The van der Waals surface area contributed by atoms with E-state index in [4.69, 9.17) is 4.74 Å². The van der Waals surface area contributed by atoms with E-state index in [2.05, 4.69) is 6.92 Å². The van der Waals surface area contributed by atoms with Crippen molar-refractivity contribution in [2.45, 2.75) is 58.5 Å². The van der Waals surface area contributed by atoms with Crippen LogP contribution in [0.4, 0.5) is 0 Å². The number of hydrogen-bond acceptors (Lipinski definition) is 2. The summed E-state index contributed by atoms with van der Waals surface area (Å²) in [5.74, 6) is 1.72. The molecule has 0 aromatic heterocycles. The van der Waals surface area contributed by atoms with Crippen molar-refractivity contribution in [3.05, 3.63) is 29.8 Å². The average Bonchev–Trinajstić information content (AvgIpc) is 2.47. The van der Waals surface area contributed by atoms with E-state index in [0.29, 0.717) is 6.42 Å². The fraction of sp³-hybridized carbons (Fsp3) is 0.588. The molecule has 2 nitrogen and oxygen atoms in total. The molecule has 1 fully saturated rings. The van der Waals surface area contributed by atoms with E-state index in [1.165, 1.54) is 19.3 Å². The van der Waals surface area contributed by atoms with Gasteiger partial charge in [0.05, 0.1) is 11.7 Å². The summed E-state index contributed by atoms with van der Waals surface area (Å²) in [5, 5.41) is 0. The first-order valence-electron chi connectivity index (χ1n) is 7.53. The zero-order valence-corrected chi connectivity index (χ0v) is 12.0. The van der Waals surface area contributed by atoms with Gasteiger partial charge in [-0.05, 0) is 37.3 Å². The van der Waals surface area contributed by atoms with E-state index < -0.39 is 0 Å². The molecule has 1 aromatic carbocycles. The van der Waals surface area contributed by atoms with E-state index >= 15 is 0 Å². The second kappa shape index (κ2) is 6.74. The van der Waals surface area contributed by atoms with E-state index in [-0.39, 0.29) is 11.9 Å². The number of ketones is 1. The molecule has 0 spiro atoms. The van der Waals surface area contributed by atoms with E-state index in [0.717, 1.165) is 30.1 Å². The van der Waals surface area contributed by atoms with Gasteiger partial charge in [0.1, 0.15) is 5.75 Å². The van der Waals surface area contributed by atoms with Crippen molar-refractivity contribution < 1.29 is 9.53 Å². The Kier molecular flexibility index (Phi) is 5.00. The third-order valence-corrected chi connectivity index (χ3v) is 4.11. The van der Waals surface area contributed by atoms with Crippen molar-refractivity contribution in [1.29, 1.82) is 0 Å². The lowest BCUT2D eigenvalue weighted by Gasteiger charge is -2.29. The summed E-state index contributed by atoms with van der Waals surface area (Å²) >= 11 is 0. The molecule has 104 valence electrons. The maximum atomic E-state index is 11.9. The average molecular weight is 260 g/mol. The summed E-state index contributed by atoms with van der Waals surface area (Å²) in [6, 6.07) is 7.66. The fourth-order valence-electron chi connectivity index (χ4n) is 2.89. The Morgan fingerprint density at radius 1 is 1.26 bits per heavy atom. The van der Waals surface area contributed by atoms with Crippen molar-refractivity contribution in [2.75, 3.05) is 0 Å². The lowest BCUT2D eigenvalue weighted by molar-refractivity contribution is 0.0965. The zero-order chi connectivity index (χ0) is 13.7. The largest absolute Gasteiger partial charge is 0.490 e. The van der Waals surface area contributed by atoms with Crippen LogP contribution in [-0.4, -0.2) is 11.9 Å². The minimum Gasteiger partial charge on any atom is -0.490 e. The van der Waals surface area contributed by atoms with Gasteiger partial charge in [0.2, 0.25) is 0 Å². The van der Waals surface area contributed by atoms with Crippen LogP contribution in [-0.2, 0) is 0 Å². The molecule has 0 N–H and O–H groups in total. The molecule has 1 aromatic rings. The number of ether oxygens (including phenoxy) is 1. The Morgan fingerprint density at radius 2 is 2.05 bits per heavy atom. The molecule has 0 aliphatic heterocycles. The van der Waals surface area contributed by atoms with Crippen LogP contribution >= 0.6 is 0 Å². The normalized spacial score (nSPS) is 23.1. The summed E-state index contributed by atoms with van der Waals surface area (Å²) in [4.78, 5) is 11.9. The van der Waals surface area contributed by atoms with Gasteiger partial charge in [-0.3, -0.25) is 4.79 Å². The molecule has 1 saturated carbocycles. The van der Waals surface area contributed by atoms with Gasteiger partial charge in [-0.15, -0.1) is 0 Å². The van der Waals surface area contributed by atoms with Gasteiger partial charge in [0.15, 0.2) is 5.78 Å². The molecule has 0 saturated heterocycles. The van der Waals surface area contributed by atoms with Crippen LogP contribution in [0.15, 0.2) is 24.3 Å². The molecule has 2 rings (SSSR count). The van der Waals surface area contributed by atoms with E-state index in [9.17, 15) is 4.79 Å². The van der Waals surface area contributed by atoms with E-state index in [1.807, 2.05) is 31.2 Å². The summed E-state index contributed by atoms with van der Waals surface area (Å²) < 4.78 is 6.12. The first kappa shape index (κ1) is 14.1. The predicted molar refractivity (Wildman–Crippen MR) is 77.7 cm³/mol. The first-order chi connectivity index (χ1) is 9.24. The molecule has 0 amide bonds. The molecule has 0 heterocycles. The fourth-order valence-corrected chi connectivity index (χ4v) is 2.89. The quantitative estimate of drug-likeness (QED) is 0.722. The van der Waals surface area contributed by atoms with Crippen LogP contribution in [0.2, 0.25) is 0 Å². The maximum absolute atomic E-state index is 11.9. The molecule has 1 aliphatic carbocycles. The molecular weight excluding hydrogens is 236 g/mol. The Hall–Kier alpha value is -1.31. The Bertz CT molecular complexity index is 425. The summed E-state index contributed by atoms with van der Waals surface area (Å²) in [7, 11) is 0. The highest BCUT2D eigenvalue weighted by atomic mass is 16.5. The first-order valence-corrected chi connectivity index (χ1v) is 7.53. The lowest BCUT2D eigenvalue weighted by Crippen LogP contribution is -2.25. The highest BCUT2D eigenvalue weighted by Crippen LogP contribution is 2.31. The van der Waals surface area contributed by atoms with Gasteiger partial charge in [-0.25, -0.2) is 0 Å². The Balaban J connectivity index is 2.08. The smallest absolute Gasteiger partial charge is 0.166 e. The van der Waals surface area contributed by atoms with Gasteiger partial charge in [-0.1, -0.05) is 38.8 Å². The Morgan fingerprint density at radius 3 is 2.79 bits per heavy atom. The molecular formula is C17H24O2. The lowest BCUT2D eigenvalue weighted by atomic mass is 9.85. The molecule has 19 heavy (non-hydrogen) atoms. The monoisotopic (exact) mass is 260 g/mol. The van der Waals surface area contributed by atoms with Gasteiger partial charge in [-0.2, -0.15) is 0 Å². The number of rotatable bonds is 5. The molecule has 2 heteroatoms. The summed E-state index contributed by atoms with van der Waals surface area (Å²) in [6.07, 6.45) is 6.86. The van der Waals surface area contributed by atoms with Crippen LogP contribution in [0.25, 0.3) is 0 Å². The zero-order valence-electron chi connectivity index (χ0n) is 12.0. The molecule has 0 radical (unpaired) electrons. The molecule has 1 aliphatic rings. The van der Waals surface area contributed by atoms with Crippen LogP contribution in [0, 0.1) is 5.92 Å². The van der Waals surface area contributed by atoms with Crippen LogP contribution in [0.1, 0.15) is 62.7 Å². The van der Waals surface area contributed by atoms with Crippen LogP contribution in [0.5, 0.6) is 5.75 Å². The van der Waals surface area contributed by atoms with Crippen molar-refractivity contribution in [3.63, 3.8) is 0 Å². The minimum atomic E-state index is 0.165. The van der Waals surface area contributed by atoms with Gasteiger partial charge in [0, 0.05) is 6.42 Å². The topological polar surface area (TPSA) is 26.3 Å². The molecule has 2 unspecified atom stereocenters. The van der Waals surface area contributed by atoms with Crippen LogP contribution < -0.4 is 4.74 Å². The standard InChI is InChI=1S/C17H24O2/c1-3-13-8-7-9-14(12-13)19-17-11-6-5-10-15(17)16(18)4-2/h5-6,10-11,13-14H,3-4,7-9,12H2,1-2H3. The van der Waals surface area contributed by atoms with Crippen molar-refractivity contribution >= 4 is 5.78 Å². The second-order valence-electron chi connectivity index (χ2n) is 5.45. The van der Waals surface area contributed by atoms with Crippen LogP contribution in [0.3, 0.4) is 0 Å². The number of Topliss-reactive ketones (excluding diaryl/α,β-unsaturated/α-hetero) is 1. The molecule has 2 atom stereocenters. The number of para-hydroxylation sites is 1. The predicted octanol–water partition coefficient (Wildman–Crippen LogP) is 4.63. The van der Waals surface area contributed by atoms with Crippen molar-refractivity contribution in [3.8, 4) is 5.75 Å². The summed E-state index contributed by atoms with van der Waals surface area (Å²) in [5.41, 5.74) is 0.739.